The summed E-state index contributed by atoms with van der Waals surface area (Å²) >= 11 is 0. The monoisotopic (exact) mass is 400 g/mol. The fraction of sp³-hybridized carbons (Fsp3) is 0.737. The van der Waals surface area contributed by atoms with Crippen molar-refractivity contribution >= 4 is 5.91 Å². The molecule has 0 unspecified atom stereocenters. The Morgan fingerprint density at radius 2 is 2.18 bits per heavy atom. The molecule has 2 fully saturated rings. The fourth-order valence-electron chi connectivity index (χ4n) is 4.05. The standard InChI is InChI=1S/C19H27F3N4O2/c1-13(19(20,21)22)11-26-7-8-28-18(12-26)6-4-3-5-16(18)25-17(27)15-10-23-14(2)9-24-15/h9-10,13,16H,3-8,11-12H2,1-2H3,(H,25,27)/t13-,16+,18+/m0/s1. The van der Waals surface area contributed by atoms with Crippen molar-refractivity contribution in [1.29, 1.82) is 0 Å². The molecule has 0 radical (unpaired) electrons. The van der Waals surface area contributed by atoms with Gasteiger partial charge in [0.15, 0.2) is 0 Å². The van der Waals surface area contributed by atoms with Crippen molar-refractivity contribution in [2.45, 2.75) is 57.3 Å². The number of amides is 1. The smallest absolute Gasteiger partial charge is 0.370 e. The van der Waals surface area contributed by atoms with Gasteiger partial charge in [0, 0.05) is 25.8 Å². The van der Waals surface area contributed by atoms with E-state index >= 15 is 0 Å². The lowest BCUT2D eigenvalue weighted by molar-refractivity contribution is -0.187. The predicted molar refractivity (Wildman–Crippen MR) is 96.8 cm³/mol. The van der Waals surface area contributed by atoms with Crippen LogP contribution in [0.25, 0.3) is 0 Å². The van der Waals surface area contributed by atoms with Crippen molar-refractivity contribution in [3.05, 3.63) is 23.8 Å². The van der Waals surface area contributed by atoms with Crippen LogP contribution < -0.4 is 5.32 Å². The van der Waals surface area contributed by atoms with Crippen LogP contribution in [0.1, 0.15) is 48.8 Å². The van der Waals surface area contributed by atoms with E-state index < -0.39 is 17.7 Å². The Bertz CT molecular complexity index is 679. The lowest BCUT2D eigenvalue weighted by Gasteiger charge is -2.50. The van der Waals surface area contributed by atoms with Crippen LogP contribution in [0.2, 0.25) is 0 Å². The lowest BCUT2D eigenvalue weighted by Crippen LogP contribution is -2.64. The number of nitrogens with one attached hydrogen (secondary N) is 1. The Morgan fingerprint density at radius 1 is 1.39 bits per heavy atom. The zero-order chi connectivity index (χ0) is 20.4. The van der Waals surface area contributed by atoms with Crippen molar-refractivity contribution in [2.24, 2.45) is 5.92 Å². The molecule has 156 valence electrons. The first kappa shape index (κ1) is 21.0. The largest absolute Gasteiger partial charge is 0.392 e. The first-order valence-corrected chi connectivity index (χ1v) is 9.72. The topological polar surface area (TPSA) is 67.4 Å². The van der Waals surface area contributed by atoms with Gasteiger partial charge < -0.3 is 10.1 Å². The third-order valence-electron chi connectivity index (χ3n) is 5.68. The third-order valence-corrected chi connectivity index (χ3v) is 5.68. The average molecular weight is 400 g/mol. The Kier molecular flexibility index (Phi) is 6.24. The molecule has 2 heterocycles. The molecule has 1 aliphatic heterocycles. The summed E-state index contributed by atoms with van der Waals surface area (Å²) in [5.74, 6) is -1.73. The minimum absolute atomic E-state index is 0.0568. The van der Waals surface area contributed by atoms with E-state index in [0.29, 0.717) is 26.1 Å². The zero-order valence-corrected chi connectivity index (χ0v) is 16.3. The molecule has 3 atom stereocenters. The Balaban J connectivity index is 1.70. The molecule has 0 aromatic carbocycles. The third kappa shape index (κ3) is 4.81. The first-order valence-electron chi connectivity index (χ1n) is 9.72. The molecule has 1 N–H and O–H groups in total. The van der Waals surface area contributed by atoms with Gasteiger partial charge in [-0.3, -0.25) is 14.7 Å². The molecule has 1 aromatic heterocycles. The second-order valence-corrected chi connectivity index (χ2v) is 7.91. The number of alkyl halides is 3. The molecule has 0 bridgehead atoms. The zero-order valence-electron chi connectivity index (χ0n) is 16.3. The van der Waals surface area contributed by atoms with Gasteiger partial charge in [-0.1, -0.05) is 19.8 Å². The van der Waals surface area contributed by atoms with Gasteiger partial charge in [0.25, 0.3) is 5.91 Å². The van der Waals surface area contributed by atoms with Gasteiger partial charge in [-0.05, 0) is 19.8 Å². The highest BCUT2D eigenvalue weighted by Crippen LogP contribution is 2.36. The molecule has 1 amide bonds. The number of carbonyl (C=O) groups excluding carboxylic acids is 1. The van der Waals surface area contributed by atoms with E-state index in [1.807, 2.05) is 4.90 Å². The number of morpholine rings is 1. The second-order valence-electron chi connectivity index (χ2n) is 7.91. The highest BCUT2D eigenvalue weighted by Gasteiger charge is 2.47. The summed E-state index contributed by atoms with van der Waals surface area (Å²) in [4.78, 5) is 22.6. The average Bonchev–Trinajstić information content (AvgIpc) is 2.64. The van der Waals surface area contributed by atoms with Crippen LogP contribution >= 0.6 is 0 Å². The summed E-state index contributed by atoms with van der Waals surface area (Å²) in [5, 5.41) is 3.00. The maximum absolute atomic E-state index is 13.0. The number of aryl methyl sites for hydroxylation is 1. The molecular formula is C19H27F3N4O2. The molecule has 9 heteroatoms. The molecule has 1 saturated carbocycles. The molecule has 1 aromatic rings. The minimum atomic E-state index is -4.21. The molecule has 1 aliphatic carbocycles. The SMILES string of the molecule is Cc1cnc(C(=O)N[C@@H]2CCCC[C@@]23CN(C[C@H](C)C(F)(F)F)CCO3)cn1. The maximum atomic E-state index is 13.0. The molecule has 2 aliphatic rings. The van der Waals surface area contributed by atoms with Gasteiger partial charge in [0.1, 0.15) is 11.3 Å². The van der Waals surface area contributed by atoms with E-state index in [4.69, 9.17) is 4.74 Å². The van der Waals surface area contributed by atoms with Crippen LogP contribution in [0.5, 0.6) is 0 Å². The fourth-order valence-corrected chi connectivity index (χ4v) is 4.05. The highest BCUT2D eigenvalue weighted by molar-refractivity contribution is 5.92. The van der Waals surface area contributed by atoms with Crippen molar-refractivity contribution in [1.82, 2.24) is 20.2 Å². The molecule has 1 saturated heterocycles. The van der Waals surface area contributed by atoms with E-state index in [-0.39, 0.29) is 24.2 Å². The number of nitrogens with zero attached hydrogens (tertiary/aromatic N) is 3. The summed E-state index contributed by atoms with van der Waals surface area (Å²) in [6, 6.07) is -0.263. The van der Waals surface area contributed by atoms with E-state index in [1.54, 1.807) is 6.92 Å². The number of hydrogen-bond acceptors (Lipinski definition) is 5. The molecule has 6 nitrogen and oxygen atoms in total. The summed E-state index contributed by atoms with van der Waals surface area (Å²) in [6.07, 6.45) is 2.06. The Hall–Kier alpha value is -1.74. The van der Waals surface area contributed by atoms with Crippen molar-refractivity contribution in [2.75, 3.05) is 26.2 Å². The molecule has 3 rings (SSSR count). The van der Waals surface area contributed by atoms with E-state index in [0.717, 1.165) is 25.0 Å². The number of aromatic nitrogens is 2. The number of ether oxygens (including phenoxy) is 1. The van der Waals surface area contributed by atoms with Gasteiger partial charge in [0.05, 0.1) is 30.5 Å². The summed E-state index contributed by atoms with van der Waals surface area (Å²) < 4.78 is 45.0. The van der Waals surface area contributed by atoms with E-state index in [1.165, 1.54) is 19.3 Å². The highest BCUT2D eigenvalue weighted by atomic mass is 19.4. The second kappa shape index (κ2) is 8.32. The van der Waals surface area contributed by atoms with Gasteiger partial charge in [-0.15, -0.1) is 0 Å². The number of hydrogen-bond donors (Lipinski definition) is 1. The van der Waals surface area contributed by atoms with Crippen LogP contribution in [0.4, 0.5) is 13.2 Å². The predicted octanol–water partition coefficient (Wildman–Crippen LogP) is 2.73. The van der Waals surface area contributed by atoms with Gasteiger partial charge in [-0.25, -0.2) is 4.98 Å². The van der Waals surface area contributed by atoms with Gasteiger partial charge in [-0.2, -0.15) is 13.2 Å². The summed E-state index contributed by atoms with van der Waals surface area (Å²) in [6.45, 7) is 4.15. The number of rotatable bonds is 4. The van der Waals surface area contributed by atoms with Crippen LogP contribution in [-0.2, 0) is 4.74 Å². The normalized spacial score (nSPS) is 27.5. The van der Waals surface area contributed by atoms with Crippen molar-refractivity contribution in [3.63, 3.8) is 0 Å². The number of carbonyl (C=O) groups is 1. The first-order chi connectivity index (χ1) is 13.2. The summed E-state index contributed by atoms with van der Waals surface area (Å²) in [5.41, 5.74) is 0.288. The van der Waals surface area contributed by atoms with E-state index in [9.17, 15) is 18.0 Å². The molecular weight excluding hydrogens is 373 g/mol. The Labute approximate surface area is 162 Å². The lowest BCUT2D eigenvalue weighted by atomic mass is 9.78. The maximum Gasteiger partial charge on any atom is 0.392 e. The summed E-state index contributed by atoms with van der Waals surface area (Å²) in [7, 11) is 0. The van der Waals surface area contributed by atoms with E-state index in [2.05, 4.69) is 15.3 Å². The Morgan fingerprint density at radius 3 is 2.86 bits per heavy atom. The number of halogens is 3. The van der Waals surface area contributed by atoms with Crippen LogP contribution in [0.15, 0.2) is 12.4 Å². The van der Waals surface area contributed by atoms with Crippen LogP contribution in [0, 0.1) is 12.8 Å². The minimum Gasteiger partial charge on any atom is -0.370 e. The van der Waals surface area contributed by atoms with Crippen LogP contribution in [-0.4, -0.2) is 64.8 Å². The van der Waals surface area contributed by atoms with Gasteiger partial charge in [0.2, 0.25) is 0 Å². The molecule has 1 spiro atoms. The van der Waals surface area contributed by atoms with Gasteiger partial charge >= 0.3 is 6.18 Å². The van der Waals surface area contributed by atoms with Crippen molar-refractivity contribution in [3.8, 4) is 0 Å². The van der Waals surface area contributed by atoms with Crippen molar-refractivity contribution < 1.29 is 22.7 Å². The molecule has 28 heavy (non-hydrogen) atoms. The van der Waals surface area contributed by atoms with Crippen LogP contribution in [0.3, 0.4) is 0 Å². The quantitative estimate of drug-likeness (QED) is 0.842.